The summed E-state index contributed by atoms with van der Waals surface area (Å²) < 4.78 is 0. The number of benzene rings is 1. The van der Waals surface area contributed by atoms with Crippen molar-refractivity contribution in [3.8, 4) is 11.8 Å². The van der Waals surface area contributed by atoms with E-state index in [9.17, 15) is 9.90 Å². The molecule has 0 saturated heterocycles. The minimum absolute atomic E-state index is 0.234. The molecule has 0 heterocycles. The Morgan fingerprint density at radius 2 is 1.90 bits per heavy atom. The number of nitrogens with two attached hydrogens (primary N) is 1. The highest BCUT2D eigenvalue weighted by Crippen LogP contribution is 2.66. The molecular weight excluding hydrogens is 370 g/mol. The smallest absolute Gasteiger partial charge is 0.156 e. The summed E-state index contributed by atoms with van der Waals surface area (Å²) in [5, 5.41) is 11.6. The average molecular weight is 402 g/mol. The Balaban J connectivity index is 1.69. The quantitative estimate of drug-likeness (QED) is 0.518. The first-order chi connectivity index (χ1) is 14.4. The van der Waals surface area contributed by atoms with Crippen LogP contribution in [0, 0.1) is 29.1 Å². The summed E-state index contributed by atoms with van der Waals surface area (Å²) in [5.74, 6) is 7.64. The number of ketones is 1. The fraction of sp³-hybridized carbons (Fsp3) is 0.519. The predicted octanol–water partition coefficient (Wildman–Crippen LogP) is 4.92. The summed E-state index contributed by atoms with van der Waals surface area (Å²) in [4.78, 5) is 12.1. The summed E-state index contributed by atoms with van der Waals surface area (Å²) >= 11 is 0. The highest BCUT2D eigenvalue weighted by atomic mass is 16.3. The van der Waals surface area contributed by atoms with Crippen LogP contribution in [0.2, 0.25) is 0 Å². The number of hydrogen-bond donors (Lipinski definition) is 2. The van der Waals surface area contributed by atoms with Crippen LogP contribution in [0.5, 0.6) is 0 Å². The van der Waals surface area contributed by atoms with Gasteiger partial charge < -0.3 is 10.8 Å². The number of nitrogen functional groups attached to an aromatic ring is 1. The van der Waals surface area contributed by atoms with Crippen LogP contribution in [0.3, 0.4) is 0 Å². The third-order valence-corrected chi connectivity index (χ3v) is 8.56. The molecule has 3 N–H and O–H groups in total. The molecule has 0 bridgehead atoms. The van der Waals surface area contributed by atoms with Gasteiger partial charge in [0, 0.05) is 23.4 Å². The van der Waals surface area contributed by atoms with Gasteiger partial charge >= 0.3 is 0 Å². The maximum Gasteiger partial charge on any atom is 0.156 e. The van der Waals surface area contributed by atoms with Crippen LogP contribution in [0.15, 0.2) is 47.1 Å². The molecule has 156 valence electrons. The molecule has 0 amide bonds. The number of carbonyl (C=O) groups is 1. The third-order valence-electron chi connectivity index (χ3n) is 8.56. The second kappa shape index (κ2) is 6.86. The molecule has 1 aromatic rings. The van der Waals surface area contributed by atoms with E-state index in [2.05, 4.69) is 30.9 Å². The lowest BCUT2D eigenvalue weighted by Gasteiger charge is -2.53. The lowest BCUT2D eigenvalue weighted by atomic mass is 9.51. The van der Waals surface area contributed by atoms with Gasteiger partial charge in [-0.05, 0) is 92.2 Å². The zero-order chi connectivity index (χ0) is 21.1. The highest BCUT2D eigenvalue weighted by Gasteiger charge is 2.62. The zero-order valence-corrected chi connectivity index (χ0v) is 18.0. The topological polar surface area (TPSA) is 63.3 Å². The minimum atomic E-state index is -0.923. The fourth-order valence-electron chi connectivity index (χ4n) is 7.10. The monoisotopic (exact) mass is 401 g/mol. The normalized spacial score (nSPS) is 37.5. The highest BCUT2D eigenvalue weighted by molar-refractivity contribution is 5.93. The Bertz CT molecular complexity index is 1020. The molecule has 3 nitrogen and oxygen atoms in total. The molecule has 2 saturated carbocycles. The van der Waals surface area contributed by atoms with Crippen LogP contribution in [-0.4, -0.2) is 16.5 Å². The van der Waals surface area contributed by atoms with Gasteiger partial charge in [0.25, 0.3) is 0 Å². The Labute approximate surface area is 179 Å². The van der Waals surface area contributed by atoms with Gasteiger partial charge in [-0.1, -0.05) is 30.6 Å². The van der Waals surface area contributed by atoms with Crippen LogP contribution < -0.4 is 5.73 Å². The van der Waals surface area contributed by atoms with Gasteiger partial charge in [-0.3, -0.25) is 4.79 Å². The van der Waals surface area contributed by atoms with Gasteiger partial charge in [-0.2, -0.15) is 0 Å². The standard InChI is InChI=1S/C27H31NO2/c1-3-13-27(30)14-12-24-22-10-6-18-15-20(29)9-11-21(18)25(22)23(16-26(24,27)2)17-4-7-19(28)8-5-17/h4-5,7-8,15,22-24,30H,6,9-12,14,16,28H2,1-2H3/t22-,23+,24-,26-,27+/m0/s1. The van der Waals surface area contributed by atoms with E-state index < -0.39 is 5.60 Å². The molecule has 0 aliphatic heterocycles. The second-order valence-electron chi connectivity index (χ2n) is 9.94. The van der Waals surface area contributed by atoms with Gasteiger partial charge in [0.15, 0.2) is 5.78 Å². The van der Waals surface area contributed by atoms with Crippen molar-refractivity contribution in [1.82, 2.24) is 0 Å². The maximum atomic E-state index is 12.1. The van der Waals surface area contributed by atoms with Crippen molar-refractivity contribution in [2.45, 2.75) is 70.3 Å². The molecule has 4 aliphatic rings. The number of hydrogen-bond acceptors (Lipinski definition) is 3. The van der Waals surface area contributed by atoms with Crippen molar-refractivity contribution < 1.29 is 9.90 Å². The molecule has 5 atom stereocenters. The van der Waals surface area contributed by atoms with Gasteiger partial charge in [0.05, 0.1) is 0 Å². The number of rotatable bonds is 1. The SMILES string of the molecule is CC#C[C@@]1(O)CC[C@H]2[C@@H]3CCC4=CC(=O)CCC4=C3[C@@H](c3ccc(N)cc3)C[C@@]21C. The molecule has 4 aliphatic carbocycles. The Kier molecular flexibility index (Phi) is 4.49. The molecule has 0 unspecified atom stereocenters. The van der Waals surface area contributed by atoms with E-state index in [0.717, 1.165) is 44.2 Å². The van der Waals surface area contributed by atoms with E-state index in [1.807, 2.05) is 25.1 Å². The summed E-state index contributed by atoms with van der Waals surface area (Å²) in [6, 6.07) is 8.28. The number of aliphatic hydroxyl groups is 1. The van der Waals surface area contributed by atoms with E-state index in [1.165, 1.54) is 16.7 Å². The van der Waals surface area contributed by atoms with Crippen molar-refractivity contribution in [1.29, 1.82) is 0 Å². The van der Waals surface area contributed by atoms with Crippen molar-refractivity contribution >= 4 is 11.5 Å². The first-order valence-corrected chi connectivity index (χ1v) is 11.3. The summed E-state index contributed by atoms with van der Waals surface area (Å²) in [7, 11) is 0. The van der Waals surface area contributed by atoms with E-state index in [0.29, 0.717) is 18.3 Å². The van der Waals surface area contributed by atoms with E-state index in [-0.39, 0.29) is 17.1 Å². The van der Waals surface area contributed by atoms with E-state index in [4.69, 9.17) is 5.73 Å². The molecular formula is C27H31NO2. The second-order valence-corrected chi connectivity index (χ2v) is 9.94. The molecule has 1 aromatic carbocycles. The Hall–Kier alpha value is -2.31. The van der Waals surface area contributed by atoms with Crippen LogP contribution in [0.25, 0.3) is 0 Å². The van der Waals surface area contributed by atoms with Crippen LogP contribution >= 0.6 is 0 Å². The number of anilines is 1. The van der Waals surface area contributed by atoms with Crippen LogP contribution in [0.4, 0.5) is 5.69 Å². The molecule has 3 heteroatoms. The Morgan fingerprint density at radius 1 is 1.13 bits per heavy atom. The predicted molar refractivity (Wildman–Crippen MR) is 120 cm³/mol. The number of carbonyl (C=O) groups excluding carboxylic acids is 1. The lowest BCUT2D eigenvalue weighted by Crippen LogP contribution is -2.51. The molecule has 30 heavy (non-hydrogen) atoms. The van der Waals surface area contributed by atoms with E-state index >= 15 is 0 Å². The van der Waals surface area contributed by atoms with Gasteiger partial charge in [-0.25, -0.2) is 0 Å². The van der Waals surface area contributed by atoms with Gasteiger partial charge in [0.1, 0.15) is 5.60 Å². The first-order valence-electron chi connectivity index (χ1n) is 11.3. The number of allylic oxidation sites excluding steroid dienone is 4. The summed E-state index contributed by atoms with van der Waals surface area (Å²) in [6.07, 6.45) is 8.11. The first kappa shape index (κ1) is 19.6. The lowest BCUT2D eigenvalue weighted by molar-refractivity contribution is -0.114. The summed E-state index contributed by atoms with van der Waals surface area (Å²) in [5.41, 5.74) is 11.1. The molecule has 0 radical (unpaired) electrons. The van der Waals surface area contributed by atoms with Crippen molar-refractivity contribution in [3.63, 3.8) is 0 Å². The zero-order valence-electron chi connectivity index (χ0n) is 18.0. The fourth-order valence-corrected chi connectivity index (χ4v) is 7.10. The maximum absolute atomic E-state index is 12.1. The molecule has 2 fully saturated rings. The van der Waals surface area contributed by atoms with Crippen molar-refractivity contribution in [2.75, 3.05) is 5.73 Å². The van der Waals surface area contributed by atoms with Crippen molar-refractivity contribution in [3.05, 3.63) is 52.6 Å². The van der Waals surface area contributed by atoms with Crippen molar-refractivity contribution in [2.24, 2.45) is 17.3 Å². The molecule has 0 aromatic heterocycles. The largest absolute Gasteiger partial charge is 0.399 e. The third kappa shape index (κ3) is 2.73. The minimum Gasteiger partial charge on any atom is -0.399 e. The van der Waals surface area contributed by atoms with Crippen LogP contribution in [-0.2, 0) is 4.79 Å². The van der Waals surface area contributed by atoms with E-state index in [1.54, 1.807) is 5.57 Å². The van der Waals surface area contributed by atoms with Gasteiger partial charge in [-0.15, -0.1) is 5.92 Å². The summed E-state index contributed by atoms with van der Waals surface area (Å²) in [6.45, 7) is 4.11. The molecule has 0 spiro atoms. The average Bonchev–Trinajstić information content (AvgIpc) is 2.98. The molecule has 5 rings (SSSR count). The Morgan fingerprint density at radius 3 is 2.63 bits per heavy atom. The number of fused-ring (bicyclic) bond motifs is 4. The van der Waals surface area contributed by atoms with Gasteiger partial charge in [0.2, 0.25) is 0 Å². The van der Waals surface area contributed by atoms with Crippen LogP contribution in [0.1, 0.15) is 70.3 Å².